The van der Waals surface area contributed by atoms with Gasteiger partial charge in [-0.05, 0) is 42.5 Å². The third-order valence-electron chi connectivity index (χ3n) is 4.99. The van der Waals surface area contributed by atoms with Crippen LogP contribution in [0.2, 0.25) is 0 Å². The van der Waals surface area contributed by atoms with Gasteiger partial charge < -0.3 is 10.6 Å². The molecule has 116 valence electrons. The van der Waals surface area contributed by atoms with Crippen LogP contribution < -0.4 is 10.6 Å². The second-order valence-corrected chi connectivity index (χ2v) is 7.83. The van der Waals surface area contributed by atoms with Crippen molar-refractivity contribution >= 4 is 17.2 Å². The Balaban J connectivity index is 1.62. The third kappa shape index (κ3) is 3.32. The average molecular weight is 306 g/mol. The van der Waals surface area contributed by atoms with Gasteiger partial charge in [-0.2, -0.15) is 0 Å². The SMILES string of the molecule is CC(C)C(NC(=O)C1CC2CCCCC2N1)c1cccs1. The third-order valence-corrected chi connectivity index (χ3v) is 5.95. The van der Waals surface area contributed by atoms with E-state index >= 15 is 0 Å². The van der Waals surface area contributed by atoms with E-state index in [4.69, 9.17) is 0 Å². The van der Waals surface area contributed by atoms with Crippen LogP contribution in [0.3, 0.4) is 0 Å². The Kier molecular flexibility index (Phi) is 4.65. The molecule has 1 aromatic heterocycles. The van der Waals surface area contributed by atoms with Crippen molar-refractivity contribution in [1.82, 2.24) is 10.6 Å². The molecule has 0 bridgehead atoms. The number of carbonyl (C=O) groups excluding carboxylic acids is 1. The Bertz CT molecular complexity index is 457. The predicted molar refractivity (Wildman–Crippen MR) is 87.3 cm³/mol. The molecule has 3 nitrogen and oxygen atoms in total. The molecule has 2 N–H and O–H groups in total. The Labute approximate surface area is 131 Å². The lowest BCUT2D eigenvalue weighted by molar-refractivity contribution is -0.124. The van der Waals surface area contributed by atoms with Gasteiger partial charge in [-0.25, -0.2) is 0 Å². The number of nitrogens with one attached hydrogen (secondary N) is 2. The monoisotopic (exact) mass is 306 g/mol. The molecular weight excluding hydrogens is 280 g/mol. The van der Waals surface area contributed by atoms with Crippen LogP contribution >= 0.6 is 11.3 Å². The maximum absolute atomic E-state index is 12.6. The van der Waals surface area contributed by atoms with Crippen molar-refractivity contribution in [2.45, 2.75) is 64.1 Å². The van der Waals surface area contributed by atoms with Crippen molar-refractivity contribution in [3.63, 3.8) is 0 Å². The highest BCUT2D eigenvalue weighted by Gasteiger charge is 2.38. The van der Waals surface area contributed by atoms with E-state index in [2.05, 4.69) is 42.0 Å². The minimum atomic E-state index is 0.0133. The lowest BCUT2D eigenvalue weighted by atomic mass is 9.85. The molecule has 2 aliphatic rings. The highest BCUT2D eigenvalue weighted by Crippen LogP contribution is 2.34. The normalized spacial score (nSPS) is 30.1. The zero-order valence-corrected chi connectivity index (χ0v) is 13.8. The van der Waals surface area contributed by atoms with Gasteiger partial charge in [0.2, 0.25) is 5.91 Å². The maximum atomic E-state index is 12.6. The predicted octanol–water partition coefficient (Wildman–Crippen LogP) is 3.48. The molecule has 1 aliphatic carbocycles. The van der Waals surface area contributed by atoms with Gasteiger partial charge >= 0.3 is 0 Å². The molecule has 2 heterocycles. The summed E-state index contributed by atoms with van der Waals surface area (Å²) in [6.07, 6.45) is 6.20. The molecule has 1 saturated carbocycles. The van der Waals surface area contributed by atoms with Crippen molar-refractivity contribution in [2.24, 2.45) is 11.8 Å². The number of rotatable bonds is 4. The lowest BCUT2D eigenvalue weighted by Gasteiger charge is -2.24. The van der Waals surface area contributed by atoms with E-state index in [9.17, 15) is 4.79 Å². The molecule has 1 amide bonds. The van der Waals surface area contributed by atoms with Gasteiger partial charge in [0, 0.05) is 10.9 Å². The summed E-state index contributed by atoms with van der Waals surface area (Å²) in [5.41, 5.74) is 0. The molecule has 4 atom stereocenters. The van der Waals surface area contributed by atoms with E-state index in [0.717, 1.165) is 6.42 Å². The molecule has 21 heavy (non-hydrogen) atoms. The summed E-state index contributed by atoms with van der Waals surface area (Å²) < 4.78 is 0. The number of hydrogen-bond donors (Lipinski definition) is 2. The number of hydrogen-bond acceptors (Lipinski definition) is 3. The van der Waals surface area contributed by atoms with Crippen molar-refractivity contribution in [1.29, 1.82) is 0 Å². The van der Waals surface area contributed by atoms with Crippen molar-refractivity contribution in [3.8, 4) is 0 Å². The van der Waals surface area contributed by atoms with E-state index in [1.807, 2.05) is 0 Å². The fourth-order valence-corrected chi connectivity index (χ4v) is 4.76. The van der Waals surface area contributed by atoms with Crippen molar-refractivity contribution < 1.29 is 4.79 Å². The zero-order valence-electron chi connectivity index (χ0n) is 13.0. The van der Waals surface area contributed by atoms with E-state index < -0.39 is 0 Å². The van der Waals surface area contributed by atoms with Gasteiger partial charge in [0.05, 0.1) is 12.1 Å². The topological polar surface area (TPSA) is 41.1 Å². The van der Waals surface area contributed by atoms with Crippen LogP contribution in [-0.4, -0.2) is 18.0 Å². The van der Waals surface area contributed by atoms with E-state index in [0.29, 0.717) is 17.9 Å². The first-order chi connectivity index (χ1) is 10.1. The first-order valence-corrected chi connectivity index (χ1v) is 9.13. The van der Waals surface area contributed by atoms with Crippen LogP contribution in [0, 0.1) is 11.8 Å². The first kappa shape index (κ1) is 15.0. The van der Waals surface area contributed by atoms with Crippen LogP contribution in [0.25, 0.3) is 0 Å². The Morgan fingerprint density at radius 2 is 2.19 bits per heavy atom. The number of fused-ring (bicyclic) bond motifs is 1. The summed E-state index contributed by atoms with van der Waals surface area (Å²) >= 11 is 1.73. The summed E-state index contributed by atoms with van der Waals surface area (Å²) in [4.78, 5) is 13.9. The van der Waals surface area contributed by atoms with Gasteiger partial charge in [0.25, 0.3) is 0 Å². The zero-order chi connectivity index (χ0) is 14.8. The molecule has 1 aliphatic heterocycles. The molecule has 4 heteroatoms. The Morgan fingerprint density at radius 3 is 2.86 bits per heavy atom. The second kappa shape index (κ2) is 6.49. The van der Waals surface area contributed by atoms with Gasteiger partial charge in [0.1, 0.15) is 0 Å². The highest BCUT2D eigenvalue weighted by atomic mass is 32.1. The first-order valence-electron chi connectivity index (χ1n) is 8.25. The fraction of sp³-hybridized carbons (Fsp3) is 0.706. The maximum Gasteiger partial charge on any atom is 0.237 e. The number of amides is 1. The van der Waals surface area contributed by atoms with Gasteiger partial charge in [-0.3, -0.25) is 4.79 Å². The number of carbonyl (C=O) groups is 1. The molecule has 1 aromatic rings. The van der Waals surface area contributed by atoms with Crippen LogP contribution in [0.5, 0.6) is 0 Å². The molecule has 2 fully saturated rings. The van der Waals surface area contributed by atoms with Crippen LogP contribution in [-0.2, 0) is 4.79 Å². The van der Waals surface area contributed by atoms with E-state index in [-0.39, 0.29) is 18.0 Å². The van der Waals surface area contributed by atoms with Crippen LogP contribution in [0.4, 0.5) is 0 Å². The summed E-state index contributed by atoms with van der Waals surface area (Å²) in [6, 6.07) is 4.91. The fourth-order valence-electron chi connectivity index (χ4n) is 3.81. The molecule has 4 unspecified atom stereocenters. The summed E-state index contributed by atoms with van der Waals surface area (Å²) in [7, 11) is 0. The lowest BCUT2D eigenvalue weighted by Crippen LogP contribution is -2.45. The molecule has 0 radical (unpaired) electrons. The molecule has 0 spiro atoms. The van der Waals surface area contributed by atoms with Gasteiger partial charge in [-0.15, -0.1) is 11.3 Å². The molecule has 1 saturated heterocycles. The van der Waals surface area contributed by atoms with Crippen molar-refractivity contribution in [3.05, 3.63) is 22.4 Å². The standard InChI is InChI=1S/C17H26N2OS/c1-11(2)16(15-8-5-9-21-15)19-17(20)14-10-12-6-3-4-7-13(12)18-14/h5,8-9,11-14,16,18H,3-4,6-7,10H2,1-2H3,(H,19,20). The highest BCUT2D eigenvalue weighted by molar-refractivity contribution is 7.10. The van der Waals surface area contributed by atoms with Crippen molar-refractivity contribution in [2.75, 3.05) is 0 Å². The Hall–Kier alpha value is -0.870. The second-order valence-electron chi connectivity index (χ2n) is 6.85. The minimum Gasteiger partial charge on any atom is -0.347 e. The molecule has 3 rings (SSSR count). The molecule has 0 aromatic carbocycles. The van der Waals surface area contributed by atoms with Crippen LogP contribution in [0.1, 0.15) is 56.9 Å². The number of thiophene rings is 1. The van der Waals surface area contributed by atoms with Crippen LogP contribution in [0.15, 0.2) is 17.5 Å². The van der Waals surface area contributed by atoms with E-state index in [1.165, 1.54) is 30.6 Å². The summed E-state index contributed by atoms with van der Waals surface area (Å²) in [5.74, 6) is 1.32. The molecular formula is C17H26N2OS. The van der Waals surface area contributed by atoms with E-state index in [1.54, 1.807) is 11.3 Å². The van der Waals surface area contributed by atoms with Gasteiger partial charge in [0.15, 0.2) is 0 Å². The average Bonchev–Trinajstić information content (AvgIpc) is 3.12. The Morgan fingerprint density at radius 1 is 1.38 bits per heavy atom. The quantitative estimate of drug-likeness (QED) is 0.894. The van der Waals surface area contributed by atoms with Gasteiger partial charge in [-0.1, -0.05) is 32.8 Å². The smallest absolute Gasteiger partial charge is 0.237 e. The largest absolute Gasteiger partial charge is 0.347 e. The minimum absolute atomic E-state index is 0.0133. The summed E-state index contributed by atoms with van der Waals surface area (Å²) in [6.45, 7) is 4.35. The summed E-state index contributed by atoms with van der Waals surface area (Å²) in [5, 5.41) is 8.94.